The van der Waals surface area contributed by atoms with E-state index in [0.29, 0.717) is 43.6 Å². The van der Waals surface area contributed by atoms with Gasteiger partial charge in [-0.15, -0.1) is 0 Å². The number of carbonyl (C=O) groups excluding carboxylic acids is 2. The summed E-state index contributed by atoms with van der Waals surface area (Å²) in [5.74, 6) is 0.396. The monoisotopic (exact) mass is 316 g/mol. The second-order valence-electron chi connectivity index (χ2n) is 5.92. The number of amides is 2. The third-order valence-corrected chi connectivity index (χ3v) is 4.02. The second-order valence-corrected chi connectivity index (χ2v) is 5.92. The van der Waals surface area contributed by atoms with Crippen LogP contribution in [0.25, 0.3) is 0 Å². The van der Waals surface area contributed by atoms with Gasteiger partial charge in [0.15, 0.2) is 5.76 Å². The Kier molecular flexibility index (Phi) is 4.18. The number of furan rings is 1. The Bertz CT molecular complexity index is 682. The summed E-state index contributed by atoms with van der Waals surface area (Å²) < 4.78 is 5.13. The Hall–Kier alpha value is -2.57. The summed E-state index contributed by atoms with van der Waals surface area (Å²) in [6.07, 6.45) is 1.48. The molecule has 2 aromatic heterocycles. The Morgan fingerprint density at radius 1 is 1.17 bits per heavy atom. The molecular formula is C16H20N4O3. The van der Waals surface area contributed by atoms with E-state index in [1.165, 1.54) is 6.26 Å². The van der Waals surface area contributed by atoms with Crippen LogP contribution in [-0.2, 0) is 0 Å². The molecule has 0 radical (unpaired) electrons. The summed E-state index contributed by atoms with van der Waals surface area (Å²) in [5.41, 5.74) is 1.37. The van der Waals surface area contributed by atoms with Gasteiger partial charge in [-0.05, 0) is 24.1 Å². The highest BCUT2D eigenvalue weighted by Crippen LogP contribution is 2.15. The maximum atomic E-state index is 12.5. The Labute approximate surface area is 134 Å². The number of hydrogen-bond acceptors (Lipinski definition) is 4. The fraction of sp³-hybridized carbons (Fsp3) is 0.438. The highest BCUT2D eigenvalue weighted by atomic mass is 16.3. The second kappa shape index (κ2) is 6.28. The number of rotatable bonds is 3. The topological polar surface area (TPSA) is 82.4 Å². The minimum Gasteiger partial charge on any atom is -0.459 e. The summed E-state index contributed by atoms with van der Waals surface area (Å²) in [6, 6.07) is 5.14. The van der Waals surface area contributed by atoms with Crippen LogP contribution in [0.1, 0.15) is 46.5 Å². The van der Waals surface area contributed by atoms with Gasteiger partial charge in [0.05, 0.1) is 6.26 Å². The molecule has 0 unspecified atom stereocenters. The number of H-pyrrole nitrogens is 1. The lowest BCUT2D eigenvalue weighted by atomic mass is 10.1. The molecule has 7 nitrogen and oxygen atoms in total. The van der Waals surface area contributed by atoms with E-state index in [1.807, 2.05) is 13.8 Å². The van der Waals surface area contributed by atoms with Crippen LogP contribution in [0.3, 0.4) is 0 Å². The number of nitrogens with one attached hydrogen (secondary N) is 1. The smallest absolute Gasteiger partial charge is 0.289 e. The predicted molar refractivity (Wildman–Crippen MR) is 83.2 cm³/mol. The van der Waals surface area contributed by atoms with E-state index in [-0.39, 0.29) is 11.8 Å². The summed E-state index contributed by atoms with van der Waals surface area (Å²) in [6.45, 7) is 6.06. The Morgan fingerprint density at radius 3 is 2.35 bits per heavy atom. The number of hydrogen-bond donors (Lipinski definition) is 1. The van der Waals surface area contributed by atoms with Gasteiger partial charge in [0.25, 0.3) is 11.8 Å². The van der Waals surface area contributed by atoms with Crippen LogP contribution < -0.4 is 0 Å². The van der Waals surface area contributed by atoms with E-state index in [0.717, 1.165) is 5.69 Å². The third-order valence-electron chi connectivity index (χ3n) is 4.02. The van der Waals surface area contributed by atoms with E-state index in [9.17, 15) is 9.59 Å². The lowest BCUT2D eigenvalue weighted by Gasteiger charge is -2.33. The van der Waals surface area contributed by atoms with Crippen LogP contribution in [0.4, 0.5) is 0 Å². The van der Waals surface area contributed by atoms with Crippen molar-refractivity contribution >= 4 is 11.8 Å². The van der Waals surface area contributed by atoms with Crippen molar-refractivity contribution in [3.05, 3.63) is 41.6 Å². The molecule has 1 aliphatic rings. The van der Waals surface area contributed by atoms with E-state index in [4.69, 9.17) is 4.42 Å². The van der Waals surface area contributed by atoms with Crippen molar-refractivity contribution < 1.29 is 14.0 Å². The molecule has 0 aliphatic carbocycles. The highest BCUT2D eigenvalue weighted by Gasteiger charge is 2.27. The molecule has 0 atom stereocenters. The van der Waals surface area contributed by atoms with Gasteiger partial charge in [-0.3, -0.25) is 14.7 Å². The minimum atomic E-state index is -0.135. The molecule has 2 amide bonds. The number of nitrogens with zero attached hydrogens (tertiary/aromatic N) is 3. The first-order valence-corrected chi connectivity index (χ1v) is 7.73. The fourth-order valence-electron chi connectivity index (χ4n) is 2.57. The molecule has 7 heteroatoms. The molecular weight excluding hydrogens is 296 g/mol. The van der Waals surface area contributed by atoms with Gasteiger partial charge in [0.1, 0.15) is 5.69 Å². The number of aromatic amines is 1. The van der Waals surface area contributed by atoms with Crippen molar-refractivity contribution in [3.8, 4) is 0 Å². The van der Waals surface area contributed by atoms with Gasteiger partial charge < -0.3 is 14.2 Å². The van der Waals surface area contributed by atoms with E-state index in [2.05, 4.69) is 10.2 Å². The lowest BCUT2D eigenvalue weighted by Crippen LogP contribution is -2.50. The molecule has 0 aromatic carbocycles. The quantitative estimate of drug-likeness (QED) is 0.935. The van der Waals surface area contributed by atoms with Gasteiger partial charge >= 0.3 is 0 Å². The van der Waals surface area contributed by atoms with Gasteiger partial charge in [-0.2, -0.15) is 5.10 Å². The predicted octanol–water partition coefficient (Wildman–Crippen LogP) is 1.72. The van der Waals surface area contributed by atoms with Gasteiger partial charge in [-0.1, -0.05) is 13.8 Å². The molecule has 0 bridgehead atoms. The van der Waals surface area contributed by atoms with Crippen LogP contribution in [0, 0.1) is 0 Å². The number of carbonyl (C=O) groups is 2. The Morgan fingerprint density at radius 2 is 1.83 bits per heavy atom. The summed E-state index contributed by atoms with van der Waals surface area (Å²) >= 11 is 0. The van der Waals surface area contributed by atoms with Crippen molar-refractivity contribution in [2.45, 2.75) is 19.8 Å². The average Bonchev–Trinajstić information content (AvgIpc) is 3.25. The van der Waals surface area contributed by atoms with Gasteiger partial charge in [0, 0.05) is 31.9 Å². The van der Waals surface area contributed by atoms with Crippen molar-refractivity contribution in [2.75, 3.05) is 26.2 Å². The fourth-order valence-corrected chi connectivity index (χ4v) is 2.57. The largest absolute Gasteiger partial charge is 0.459 e. The van der Waals surface area contributed by atoms with Gasteiger partial charge in [0.2, 0.25) is 0 Å². The minimum absolute atomic E-state index is 0.0988. The molecule has 0 spiro atoms. The van der Waals surface area contributed by atoms with E-state index < -0.39 is 0 Å². The first-order valence-electron chi connectivity index (χ1n) is 7.73. The molecule has 1 N–H and O–H groups in total. The lowest BCUT2D eigenvalue weighted by molar-refractivity contribution is 0.0515. The third kappa shape index (κ3) is 3.13. The first-order chi connectivity index (χ1) is 11.1. The molecule has 3 heterocycles. The number of aromatic nitrogens is 2. The van der Waals surface area contributed by atoms with Crippen LogP contribution in [-0.4, -0.2) is 58.0 Å². The zero-order chi connectivity index (χ0) is 16.4. The number of piperazine rings is 1. The van der Waals surface area contributed by atoms with Crippen LogP contribution in [0.15, 0.2) is 28.9 Å². The molecule has 0 saturated carbocycles. The normalized spacial score (nSPS) is 15.3. The maximum Gasteiger partial charge on any atom is 0.289 e. The molecule has 3 rings (SSSR count). The van der Waals surface area contributed by atoms with Crippen molar-refractivity contribution in [3.63, 3.8) is 0 Å². The molecule has 23 heavy (non-hydrogen) atoms. The summed E-state index contributed by atoms with van der Waals surface area (Å²) in [4.78, 5) is 28.1. The van der Waals surface area contributed by atoms with Crippen LogP contribution in [0.2, 0.25) is 0 Å². The molecule has 1 fully saturated rings. The molecule has 1 saturated heterocycles. The SMILES string of the molecule is CC(C)c1cc(C(=O)N2CCN(C(=O)c3ccco3)CC2)n[nH]1. The Balaban J connectivity index is 1.60. The van der Waals surface area contributed by atoms with Crippen molar-refractivity contribution in [1.82, 2.24) is 20.0 Å². The molecule has 122 valence electrons. The van der Waals surface area contributed by atoms with E-state index >= 15 is 0 Å². The van der Waals surface area contributed by atoms with Crippen molar-refractivity contribution in [1.29, 1.82) is 0 Å². The van der Waals surface area contributed by atoms with E-state index in [1.54, 1.807) is 28.0 Å². The summed E-state index contributed by atoms with van der Waals surface area (Å²) in [7, 11) is 0. The standard InChI is InChI=1S/C16H20N4O3/c1-11(2)12-10-13(18-17-12)15(21)19-5-7-20(8-6-19)16(22)14-4-3-9-23-14/h3-4,9-11H,5-8H2,1-2H3,(H,17,18). The average molecular weight is 316 g/mol. The maximum absolute atomic E-state index is 12.5. The zero-order valence-electron chi connectivity index (χ0n) is 13.3. The highest BCUT2D eigenvalue weighted by molar-refractivity contribution is 5.93. The van der Waals surface area contributed by atoms with Crippen LogP contribution in [0.5, 0.6) is 0 Å². The molecule has 2 aromatic rings. The van der Waals surface area contributed by atoms with Crippen molar-refractivity contribution in [2.24, 2.45) is 0 Å². The van der Waals surface area contributed by atoms with Gasteiger partial charge in [-0.25, -0.2) is 0 Å². The van der Waals surface area contributed by atoms with Crippen LogP contribution >= 0.6 is 0 Å². The molecule has 1 aliphatic heterocycles. The summed E-state index contributed by atoms with van der Waals surface area (Å²) in [5, 5.41) is 6.99. The first kappa shape index (κ1) is 15.3. The zero-order valence-corrected chi connectivity index (χ0v) is 13.3.